The van der Waals surface area contributed by atoms with Crippen molar-refractivity contribution in [2.75, 3.05) is 7.05 Å². The highest BCUT2D eigenvalue weighted by molar-refractivity contribution is 5.14. The molecule has 4 rings (SSSR count). The first-order valence-corrected chi connectivity index (χ1v) is 7.49. The summed E-state index contributed by atoms with van der Waals surface area (Å²) in [6.07, 6.45) is 8.91. The van der Waals surface area contributed by atoms with Gasteiger partial charge in [-0.05, 0) is 76.2 Å². The molecule has 2 atom stereocenters. The van der Waals surface area contributed by atoms with Crippen LogP contribution in [0.5, 0.6) is 0 Å². The Morgan fingerprint density at radius 3 is 1.88 bits per heavy atom. The maximum absolute atomic E-state index is 2.72. The lowest BCUT2D eigenvalue weighted by Crippen LogP contribution is -2.65. The average Bonchev–Trinajstić information content (AvgIpc) is 2.10. The topological polar surface area (TPSA) is 3.24 Å². The molecule has 0 aromatic rings. The summed E-state index contributed by atoms with van der Waals surface area (Å²) in [7, 11) is 2.38. The fraction of sp³-hybridized carbons (Fsp3) is 1.00. The largest absolute Gasteiger partial charge is 0.298 e. The van der Waals surface area contributed by atoms with Crippen LogP contribution in [0.1, 0.15) is 66.2 Å². The molecule has 0 amide bonds. The summed E-state index contributed by atoms with van der Waals surface area (Å²) in [5, 5.41) is 0. The second-order valence-electron chi connectivity index (χ2n) is 8.56. The first kappa shape index (κ1) is 12.0. The summed E-state index contributed by atoms with van der Waals surface area (Å²) in [4.78, 5) is 2.72. The summed E-state index contributed by atoms with van der Waals surface area (Å²) < 4.78 is 0. The van der Waals surface area contributed by atoms with Gasteiger partial charge < -0.3 is 0 Å². The monoisotopic (exact) mass is 235 g/mol. The van der Waals surface area contributed by atoms with Crippen molar-refractivity contribution < 1.29 is 0 Å². The quantitative estimate of drug-likeness (QED) is 0.697. The van der Waals surface area contributed by atoms with E-state index in [0.29, 0.717) is 22.4 Å². The van der Waals surface area contributed by atoms with Gasteiger partial charge in [0.2, 0.25) is 0 Å². The van der Waals surface area contributed by atoms with Crippen molar-refractivity contribution in [1.29, 1.82) is 0 Å². The Hall–Kier alpha value is -0.0400. The third-order valence-corrected chi connectivity index (χ3v) is 6.12. The Labute approximate surface area is 107 Å². The van der Waals surface area contributed by atoms with E-state index in [1.165, 1.54) is 38.5 Å². The standard InChI is InChI=1S/C16H29N/c1-12(2)17(5)16-8-13-6-14(3,10-16)9-15(4,7-13)11-16/h12-13H,6-11H2,1-5H3. The molecule has 17 heavy (non-hydrogen) atoms. The minimum Gasteiger partial charge on any atom is -0.298 e. The summed E-state index contributed by atoms with van der Waals surface area (Å²) in [6.45, 7) is 9.86. The molecule has 2 unspecified atom stereocenters. The van der Waals surface area contributed by atoms with Crippen molar-refractivity contribution in [3.63, 3.8) is 0 Å². The summed E-state index contributed by atoms with van der Waals surface area (Å²) in [5.74, 6) is 1.02. The van der Waals surface area contributed by atoms with Crippen LogP contribution in [-0.4, -0.2) is 23.5 Å². The number of hydrogen-bond donors (Lipinski definition) is 0. The van der Waals surface area contributed by atoms with Gasteiger partial charge in [0, 0.05) is 11.6 Å². The maximum Gasteiger partial charge on any atom is 0.0222 e. The minimum absolute atomic E-state index is 0.539. The van der Waals surface area contributed by atoms with Crippen molar-refractivity contribution in [3.05, 3.63) is 0 Å². The van der Waals surface area contributed by atoms with Crippen LogP contribution >= 0.6 is 0 Å². The van der Waals surface area contributed by atoms with Crippen molar-refractivity contribution in [2.24, 2.45) is 16.7 Å². The number of rotatable bonds is 2. The van der Waals surface area contributed by atoms with E-state index < -0.39 is 0 Å². The van der Waals surface area contributed by atoms with Crippen LogP contribution in [0.2, 0.25) is 0 Å². The Balaban J connectivity index is 1.97. The normalized spacial score (nSPS) is 52.8. The number of nitrogens with zero attached hydrogens (tertiary/aromatic N) is 1. The van der Waals surface area contributed by atoms with Gasteiger partial charge in [0.1, 0.15) is 0 Å². The lowest BCUT2D eigenvalue weighted by molar-refractivity contribution is -0.161. The smallest absolute Gasteiger partial charge is 0.0222 e. The molecule has 98 valence electrons. The molecule has 4 fully saturated rings. The molecule has 0 aromatic carbocycles. The van der Waals surface area contributed by atoms with Crippen molar-refractivity contribution in [1.82, 2.24) is 4.90 Å². The van der Waals surface area contributed by atoms with E-state index >= 15 is 0 Å². The molecule has 0 heterocycles. The fourth-order valence-corrected chi connectivity index (χ4v) is 6.33. The zero-order valence-electron chi connectivity index (χ0n) is 12.3. The van der Waals surface area contributed by atoms with Crippen LogP contribution in [0, 0.1) is 16.7 Å². The van der Waals surface area contributed by atoms with Crippen LogP contribution < -0.4 is 0 Å². The average molecular weight is 235 g/mol. The minimum atomic E-state index is 0.539. The predicted octanol–water partition coefficient (Wildman–Crippen LogP) is 4.08. The number of hydrogen-bond acceptors (Lipinski definition) is 1. The van der Waals surface area contributed by atoms with Crippen molar-refractivity contribution in [3.8, 4) is 0 Å². The van der Waals surface area contributed by atoms with Gasteiger partial charge in [0.25, 0.3) is 0 Å². The molecule has 0 aliphatic heterocycles. The van der Waals surface area contributed by atoms with E-state index in [1.807, 2.05) is 0 Å². The molecule has 4 aliphatic carbocycles. The molecule has 4 saturated carbocycles. The highest BCUT2D eigenvalue weighted by atomic mass is 15.2. The Kier molecular flexibility index (Phi) is 2.32. The van der Waals surface area contributed by atoms with E-state index in [0.717, 1.165) is 5.92 Å². The first-order valence-electron chi connectivity index (χ1n) is 7.49. The zero-order chi connectivity index (χ0) is 12.5. The van der Waals surface area contributed by atoms with Crippen molar-refractivity contribution in [2.45, 2.75) is 77.8 Å². The van der Waals surface area contributed by atoms with Crippen LogP contribution in [0.25, 0.3) is 0 Å². The molecule has 0 aromatic heterocycles. The lowest BCUT2D eigenvalue weighted by Gasteiger charge is -2.68. The Morgan fingerprint density at radius 1 is 0.941 bits per heavy atom. The Bertz CT molecular complexity index is 314. The van der Waals surface area contributed by atoms with Gasteiger partial charge in [0.05, 0.1) is 0 Å². The summed E-state index contributed by atoms with van der Waals surface area (Å²) in [5.41, 5.74) is 1.84. The van der Waals surface area contributed by atoms with Gasteiger partial charge in [-0.1, -0.05) is 13.8 Å². The van der Waals surface area contributed by atoms with Crippen LogP contribution in [-0.2, 0) is 0 Å². The molecule has 4 aliphatic rings. The highest BCUT2D eigenvalue weighted by Gasteiger charge is 2.61. The highest BCUT2D eigenvalue weighted by Crippen LogP contribution is 2.67. The van der Waals surface area contributed by atoms with Gasteiger partial charge in [-0.2, -0.15) is 0 Å². The van der Waals surface area contributed by atoms with E-state index in [4.69, 9.17) is 0 Å². The van der Waals surface area contributed by atoms with Gasteiger partial charge >= 0.3 is 0 Å². The fourth-order valence-electron chi connectivity index (χ4n) is 6.33. The predicted molar refractivity (Wildman–Crippen MR) is 73.0 cm³/mol. The second kappa shape index (κ2) is 3.29. The van der Waals surface area contributed by atoms with E-state index in [2.05, 4.69) is 39.6 Å². The van der Waals surface area contributed by atoms with E-state index in [-0.39, 0.29) is 0 Å². The van der Waals surface area contributed by atoms with Gasteiger partial charge in [-0.15, -0.1) is 0 Å². The molecule has 4 bridgehead atoms. The molecule has 1 heteroatoms. The van der Waals surface area contributed by atoms with Crippen LogP contribution in [0.4, 0.5) is 0 Å². The van der Waals surface area contributed by atoms with Gasteiger partial charge in [-0.25, -0.2) is 0 Å². The third kappa shape index (κ3) is 1.69. The molecule has 0 radical (unpaired) electrons. The summed E-state index contributed by atoms with van der Waals surface area (Å²) >= 11 is 0. The molecular weight excluding hydrogens is 206 g/mol. The van der Waals surface area contributed by atoms with Crippen LogP contribution in [0.3, 0.4) is 0 Å². The first-order chi connectivity index (χ1) is 7.76. The van der Waals surface area contributed by atoms with E-state index in [9.17, 15) is 0 Å². The van der Waals surface area contributed by atoms with Gasteiger partial charge in [-0.3, -0.25) is 4.90 Å². The van der Waals surface area contributed by atoms with Crippen LogP contribution in [0.15, 0.2) is 0 Å². The molecule has 0 N–H and O–H groups in total. The Morgan fingerprint density at radius 2 is 1.47 bits per heavy atom. The second-order valence-corrected chi connectivity index (χ2v) is 8.56. The molecule has 0 spiro atoms. The molecule has 1 nitrogen and oxygen atoms in total. The zero-order valence-corrected chi connectivity index (χ0v) is 12.3. The van der Waals surface area contributed by atoms with Gasteiger partial charge in [0.15, 0.2) is 0 Å². The lowest BCUT2D eigenvalue weighted by atomic mass is 9.42. The third-order valence-electron chi connectivity index (χ3n) is 6.12. The molecule has 0 saturated heterocycles. The van der Waals surface area contributed by atoms with Crippen molar-refractivity contribution >= 4 is 0 Å². The van der Waals surface area contributed by atoms with E-state index in [1.54, 1.807) is 0 Å². The summed E-state index contributed by atoms with van der Waals surface area (Å²) in [6, 6.07) is 0.693. The SMILES string of the molecule is CC(C)N(C)C12CC3CC(C)(CC(C)(C3)C1)C2. The molecular formula is C16H29N. The maximum atomic E-state index is 2.72.